The molecule has 1 N–H and O–H groups in total. The fourth-order valence-corrected chi connectivity index (χ4v) is 3.16. The van der Waals surface area contributed by atoms with Gasteiger partial charge in [0.25, 0.3) is 5.91 Å². The Balaban J connectivity index is 2.18. The van der Waals surface area contributed by atoms with Gasteiger partial charge in [0.05, 0.1) is 23.4 Å². The summed E-state index contributed by atoms with van der Waals surface area (Å²) in [6.07, 6.45) is 2.93. The van der Waals surface area contributed by atoms with E-state index in [9.17, 15) is 14.0 Å². The molecule has 0 unspecified atom stereocenters. The van der Waals surface area contributed by atoms with Crippen molar-refractivity contribution in [2.24, 2.45) is 0 Å². The molecule has 5 nitrogen and oxygen atoms in total. The highest BCUT2D eigenvalue weighted by Crippen LogP contribution is 2.22. The van der Waals surface area contributed by atoms with Crippen molar-refractivity contribution in [3.63, 3.8) is 0 Å². The zero-order chi connectivity index (χ0) is 17.7. The van der Waals surface area contributed by atoms with Crippen LogP contribution >= 0.6 is 11.3 Å². The largest absolute Gasteiger partial charge is 0.465 e. The van der Waals surface area contributed by atoms with E-state index in [1.165, 1.54) is 30.6 Å². The molecule has 0 radical (unpaired) electrons. The van der Waals surface area contributed by atoms with E-state index < -0.39 is 11.8 Å². The first-order chi connectivity index (χ1) is 11.5. The van der Waals surface area contributed by atoms with Gasteiger partial charge in [0.15, 0.2) is 0 Å². The van der Waals surface area contributed by atoms with Crippen LogP contribution in [0.15, 0.2) is 18.2 Å². The Labute approximate surface area is 143 Å². The molecule has 0 bridgehead atoms. The SMILES string of the molecule is CCCCc1nc(C)c(C(=O)Nc2ccc(F)c(C(=O)OC)c2)s1. The first-order valence-corrected chi connectivity index (χ1v) is 8.43. The molecule has 0 spiro atoms. The summed E-state index contributed by atoms with van der Waals surface area (Å²) >= 11 is 1.36. The van der Waals surface area contributed by atoms with Gasteiger partial charge in [-0.15, -0.1) is 11.3 Å². The zero-order valence-electron chi connectivity index (χ0n) is 13.8. The van der Waals surface area contributed by atoms with E-state index in [4.69, 9.17) is 0 Å². The lowest BCUT2D eigenvalue weighted by Gasteiger charge is -2.07. The third kappa shape index (κ3) is 4.17. The molecule has 1 amide bonds. The first kappa shape index (κ1) is 18.1. The molecule has 1 aromatic heterocycles. The molecule has 0 saturated heterocycles. The van der Waals surface area contributed by atoms with Gasteiger partial charge < -0.3 is 10.1 Å². The second kappa shape index (κ2) is 8.01. The van der Waals surface area contributed by atoms with Crippen molar-refractivity contribution in [2.75, 3.05) is 12.4 Å². The van der Waals surface area contributed by atoms with Crippen LogP contribution in [-0.4, -0.2) is 24.0 Å². The van der Waals surface area contributed by atoms with Crippen LogP contribution < -0.4 is 5.32 Å². The Kier molecular flexibility index (Phi) is 6.03. The van der Waals surface area contributed by atoms with E-state index in [0.29, 0.717) is 16.3 Å². The van der Waals surface area contributed by atoms with Gasteiger partial charge in [0.1, 0.15) is 10.7 Å². The number of aromatic nitrogens is 1. The summed E-state index contributed by atoms with van der Waals surface area (Å²) in [4.78, 5) is 28.9. The number of benzene rings is 1. The normalized spacial score (nSPS) is 10.5. The minimum Gasteiger partial charge on any atom is -0.465 e. The van der Waals surface area contributed by atoms with Crippen molar-refractivity contribution in [3.05, 3.63) is 45.2 Å². The van der Waals surface area contributed by atoms with Gasteiger partial charge in [-0.3, -0.25) is 4.79 Å². The third-order valence-electron chi connectivity index (χ3n) is 3.42. The van der Waals surface area contributed by atoms with Gasteiger partial charge >= 0.3 is 5.97 Å². The molecule has 7 heteroatoms. The van der Waals surface area contributed by atoms with Crippen LogP contribution in [0.1, 0.15) is 50.5 Å². The zero-order valence-corrected chi connectivity index (χ0v) is 14.6. The van der Waals surface area contributed by atoms with Gasteiger partial charge in [-0.05, 0) is 38.0 Å². The topological polar surface area (TPSA) is 68.3 Å². The van der Waals surface area contributed by atoms with Crippen molar-refractivity contribution < 1.29 is 18.7 Å². The fourth-order valence-electron chi connectivity index (χ4n) is 2.16. The number of anilines is 1. The first-order valence-electron chi connectivity index (χ1n) is 7.61. The average molecular weight is 350 g/mol. The highest BCUT2D eigenvalue weighted by molar-refractivity contribution is 7.13. The van der Waals surface area contributed by atoms with E-state index in [-0.39, 0.29) is 11.5 Å². The third-order valence-corrected chi connectivity index (χ3v) is 4.64. The van der Waals surface area contributed by atoms with Gasteiger partial charge in [-0.25, -0.2) is 14.2 Å². The number of thiazole rings is 1. The number of carbonyl (C=O) groups is 2. The summed E-state index contributed by atoms with van der Waals surface area (Å²) in [5.41, 5.74) is 0.767. The second-order valence-electron chi connectivity index (χ2n) is 5.27. The molecular weight excluding hydrogens is 331 g/mol. The van der Waals surface area contributed by atoms with Crippen LogP contribution in [0.2, 0.25) is 0 Å². The van der Waals surface area contributed by atoms with Crippen molar-refractivity contribution in [1.82, 2.24) is 4.98 Å². The fraction of sp³-hybridized carbons (Fsp3) is 0.353. The molecule has 0 saturated carbocycles. The van der Waals surface area contributed by atoms with E-state index in [0.717, 1.165) is 30.3 Å². The van der Waals surface area contributed by atoms with E-state index in [1.54, 1.807) is 6.92 Å². The van der Waals surface area contributed by atoms with Gasteiger partial charge in [-0.1, -0.05) is 13.3 Å². The monoisotopic (exact) mass is 350 g/mol. The predicted molar refractivity (Wildman–Crippen MR) is 91.2 cm³/mol. The minimum absolute atomic E-state index is 0.222. The Hall–Kier alpha value is -2.28. The van der Waals surface area contributed by atoms with Crippen molar-refractivity contribution in [3.8, 4) is 0 Å². The van der Waals surface area contributed by atoms with Gasteiger partial charge in [0.2, 0.25) is 0 Å². The van der Waals surface area contributed by atoms with Crippen molar-refractivity contribution in [2.45, 2.75) is 33.1 Å². The maximum absolute atomic E-state index is 13.6. The Bertz CT molecular complexity index is 758. The molecule has 0 aliphatic rings. The number of rotatable bonds is 6. The van der Waals surface area contributed by atoms with Crippen LogP contribution in [0.3, 0.4) is 0 Å². The molecule has 2 rings (SSSR count). The molecule has 2 aromatic rings. The summed E-state index contributed by atoms with van der Waals surface area (Å²) in [6.45, 7) is 3.88. The summed E-state index contributed by atoms with van der Waals surface area (Å²) in [5, 5.41) is 3.60. The summed E-state index contributed by atoms with van der Waals surface area (Å²) in [7, 11) is 1.17. The molecule has 0 fully saturated rings. The Morgan fingerprint density at radius 3 is 2.79 bits per heavy atom. The number of carbonyl (C=O) groups excluding carboxylic acids is 2. The number of methoxy groups -OCH3 is 1. The van der Waals surface area contributed by atoms with Crippen molar-refractivity contribution >= 4 is 28.9 Å². The van der Waals surface area contributed by atoms with E-state index >= 15 is 0 Å². The van der Waals surface area contributed by atoms with E-state index in [1.807, 2.05) is 0 Å². The summed E-state index contributed by atoms with van der Waals surface area (Å²) in [6, 6.07) is 3.77. The number of nitrogens with one attached hydrogen (secondary N) is 1. The number of aryl methyl sites for hydroxylation is 2. The molecule has 1 heterocycles. The second-order valence-corrected chi connectivity index (χ2v) is 6.35. The molecule has 24 heavy (non-hydrogen) atoms. The standard InChI is InChI=1S/C17H19FN2O3S/c1-4-5-6-14-19-10(2)15(24-14)16(21)20-11-7-8-13(18)12(9-11)17(22)23-3/h7-9H,4-6H2,1-3H3,(H,20,21). The number of esters is 1. The molecule has 128 valence electrons. The lowest BCUT2D eigenvalue weighted by Crippen LogP contribution is -2.13. The lowest BCUT2D eigenvalue weighted by molar-refractivity contribution is 0.0595. The highest BCUT2D eigenvalue weighted by Gasteiger charge is 2.17. The number of unbranched alkanes of at least 4 members (excludes halogenated alkanes) is 1. The van der Waals surface area contributed by atoms with Crippen molar-refractivity contribution in [1.29, 1.82) is 0 Å². The summed E-state index contributed by atoms with van der Waals surface area (Å²) < 4.78 is 18.2. The summed E-state index contributed by atoms with van der Waals surface area (Å²) in [5.74, 6) is -1.81. The minimum atomic E-state index is -0.792. The molecule has 1 aromatic carbocycles. The molecule has 0 aliphatic heterocycles. The van der Waals surface area contributed by atoms with Crippen LogP contribution in [0.25, 0.3) is 0 Å². The quantitative estimate of drug-likeness (QED) is 0.801. The Morgan fingerprint density at radius 1 is 1.38 bits per heavy atom. The van der Waals surface area contributed by atoms with Crippen LogP contribution in [0.5, 0.6) is 0 Å². The number of hydrogen-bond donors (Lipinski definition) is 1. The number of amides is 1. The van der Waals surface area contributed by atoms with Gasteiger partial charge in [0, 0.05) is 5.69 Å². The van der Waals surface area contributed by atoms with Gasteiger partial charge in [-0.2, -0.15) is 0 Å². The lowest BCUT2D eigenvalue weighted by atomic mass is 10.2. The van der Waals surface area contributed by atoms with Crippen LogP contribution in [0, 0.1) is 12.7 Å². The Morgan fingerprint density at radius 2 is 2.12 bits per heavy atom. The molecular formula is C17H19FN2O3S. The predicted octanol–water partition coefficient (Wildman–Crippen LogP) is 3.97. The number of halogens is 1. The van der Waals surface area contributed by atoms with E-state index in [2.05, 4.69) is 22.0 Å². The smallest absolute Gasteiger partial charge is 0.340 e. The number of nitrogens with zero attached hydrogens (tertiary/aromatic N) is 1. The van der Waals surface area contributed by atoms with Crippen LogP contribution in [-0.2, 0) is 11.2 Å². The molecule has 0 aliphatic carbocycles. The highest BCUT2D eigenvalue weighted by atomic mass is 32.1. The maximum Gasteiger partial charge on any atom is 0.340 e. The average Bonchev–Trinajstić information content (AvgIpc) is 2.94. The number of ether oxygens (including phenoxy) is 1. The maximum atomic E-state index is 13.6. The van der Waals surface area contributed by atoms with Crippen LogP contribution in [0.4, 0.5) is 10.1 Å². The number of hydrogen-bond acceptors (Lipinski definition) is 5. The molecule has 0 atom stereocenters.